The summed E-state index contributed by atoms with van der Waals surface area (Å²) in [5, 5.41) is 5.08. The van der Waals surface area contributed by atoms with E-state index in [0.717, 1.165) is 0 Å². The molecule has 2 fully saturated rings. The van der Waals surface area contributed by atoms with Crippen molar-refractivity contribution in [1.82, 2.24) is 15.6 Å². The normalized spacial score (nSPS) is 18.1. The predicted molar refractivity (Wildman–Crippen MR) is 111 cm³/mol. The summed E-state index contributed by atoms with van der Waals surface area (Å²) in [4.78, 5) is 27.3. The van der Waals surface area contributed by atoms with Crippen molar-refractivity contribution in [3.8, 4) is 5.75 Å². The molecule has 0 radical (unpaired) electrons. The van der Waals surface area contributed by atoms with Crippen molar-refractivity contribution < 1.29 is 14.3 Å². The van der Waals surface area contributed by atoms with Gasteiger partial charge in [-0.1, -0.05) is 29.8 Å². The van der Waals surface area contributed by atoms with E-state index in [-0.39, 0.29) is 11.9 Å². The Balaban J connectivity index is 1.44. The SMILES string of the molecule is CCOc1ccccc1C(=O)N1CCC2(CC1)NC(=O)N(c1cccc(Cl)c1)N2. The van der Waals surface area contributed by atoms with Gasteiger partial charge < -0.3 is 15.0 Å². The largest absolute Gasteiger partial charge is 0.493 e. The molecule has 0 bridgehead atoms. The number of halogens is 1. The molecule has 7 nitrogen and oxygen atoms in total. The highest BCUT2D eigenvalue weighted by atomic mass is 35.5. The number of carbonyl (C=O) groups excluding carboxylic acids is 2. The second-order valence-corrected chi connectivity index (χ2v) is 7.60. The van der Waals surface area contributed by atoms with E-state index < -0.39 is 5.66 Å². The van der Waals surface area contributed by atoms with Crippen LogP contribution in [0.2, 0.25) is 5.02 Å². The molecule has 0 saturated carbocycles. The third-order valence-corrected chi connectivity index (χ3v) is 5.50. The van der Waals surface area contributed by atoms with Crippen molar-refractivity contribution in [3.63, 3.8) is 0 Å². The Morgan fingerprint density at radius 1 is 1.17 bits per heavy atom. The molecule has 152 valence electrons. The van der Waals surface area contributed by atoms with Crippen molar-refractivity contribution in [3.05, 3.63) is 59.1 Å². The maximum absolute atomic E-state index is 13.0. The number of anilines is 1. The van der Waals surface area contributed by atoms with Crippen LogP contribution in [0.25, 0.3) is 0 Å². The van der Waals surface area contributed by atoms with Gasteiger partial charge in [-0.15, -0.1) is 0 Å². The third kappa shape index (κ3) is 3.88. The lowest BCUT2D eigenvalue weighted by Crippen LogP contribution is -2.58. The third-order valence-electron chi connectivity index (χ3n) is 5.26. The number of urea groups is 1. The quantitative estimate of drug-likeness (QED) is 0.804. The number of amides is 3. The fourth-order valence-electron chi connectivity index (χ4n) is 3.77. The number of rotatable bonds is 4. The molecule has 0 aliphatic carbocycles. The van der Waals surface area contributed by atoms with Gasteiger partial charge in [0.25, 0.3) is 5.91 Å². The van der Waals surface area contributed by atoms with Crippen molar-refractivity contribution >= 4 is 29.2 Å². The number of nitrogens with one attached hydrogen (secondary N) is 2. The van der Waals surface area contributed by atoms with Gasteiger partial charge in [0.1, 0.15) is 11.4 Å². The molecule has 2 aliphatic heterocycles. The van der Waals surface area contributed by atoms with E-state index in [1.165, 1.54) is 5.01 Å². The highest BCUT2D eigenvalue weighted by molar-refractivity contribution is 6.30. The van der Waals surface area contributed by atoms with E-state index in [1.807, 2.05) is 31.2 Å². The second kappa shape index (κ2) is 7.93. The smallest absolute Gasteiger partial charge is 0.338 e. The van der Waals surface area contributed by atoms with Gasteiger partial charge in [0.2, 0.25) is 0 Å². The van der Waals surface area contributed by atoms with Crippen LogP contribution >= 0.6 is 11.6 Å². The molecule has 2 aromatic rings. The van der Waals surface area contributed by atoms with Gasteiger partial charge in [0.15, 0.2) is 0 Å². The first-order valence-corrected chi connectivity index (χ1v) is 10.1. The Morgan fingerprint density at radius 2 is 1.93 bits per heavy atom. The minimum Gasteiger partial charge on any atom is -0.493 e. The summed E-state index contributed by atoms with van der Waals surface area (Å²) in [5.74, 6) is 0.541. The average molecular weight is 415 g/mol. The van der Waals surface area contributed by atoms with Gasteiger partial charge in [0.05, 0.1) is 17.9 Å². The van der Waals surface area contributed by atoms with Gasteiger partial charge in [-0.2, -0.15) is 0 Å². The summed E-state index contributed by atoms with van der Waals surface area (Å²) < 4.78 is 5.59. The molecule has 1 spiro atoms. The zero-order valence-corrected chi connectivity index (χ0v) is 16.9. The number of likely N-dealkylation sites (tertiary alicyclic amines) is 1. The molecule has 8 heteroatoms. The summed E-state index contributed by atoms with van der Waals surface area (Å²) in [6.45, 7) is 3.45. The number of ether oxygens (including phenoxy) is 1. The number of nitrogens with zero attached hydrogens (tertiary/aromatic N) is 2. The van der Waals surface area contributed by atoms with Crippen LogP contribution in [0.1, 0.15) is 30.1 Å². The number of hydrogen-bond donors (Lipinski definition) is 2. The topological polar surface area (TPSA) is 73.9 Å². The van der Waals surface area contributed by atoms with Crippen molar-refractivity contribution in [2.45, 2.75) is 25.4 Å². The van der Waals surface area contributed by atoms with Crippen molar-refractivity contribution in [2.75, 3.05) is 24.7 Å². The Bertz CT molecular complexity index is 928. The summed E-state index contributed by atoms with van der Waals surface area (Å²) in [6.07, 6.45) is 1.19. The molecule has 29 heavy (non-hydrogen) atoms. The Kier molecular flexibility index (Phi) is 5.34. The lowest BCUT2D eigenvalue weighted by atomic mass is 9.97. The summed E-state index contributed by atoms with van der Waals surface area (Å²) >= 11 is 6.06. The number of hydrazine groups is 1. The Labute approximate surface area is 174 Å². The summed E-state index contributed by atoms with van der Waals surface area (Å²) in [6, 6.07) is 14.2. The maximum atomic E-state index is 13.0. The molecule has 2 aliphatic rings. The van der Waals surface area contributed by atoms with Crippen molar-refractivity contribution in [2.24, 2.45) is 0 Å². The summed E-state index contributed by atoms with van der Waals surface area (Å²) in [5.41, 5.74) is 3.95. The van der Waals surface area contributed by atoms with Crippen LogP contribution in [0.4, 0.5) is 10.5 Å². The van der Waals surface area contributed by atoms with Crippen molar-refractivity contribution in [1.29, 1.82) is 0 Å². The van der Waals surface area contributed by atoms with Gasteiger partial charge in [-0.3, -0.25) is 4.79 Å². The van der Waals surface area contributed by atoms with Gasteiger partial charge in [0, 0.05) is 31.0 Å². The zero-order chi connectivity index (χ0) is 20.4. The van der Waals surface area contributed by atoms with E-state index in [2.05, 4.69) is 10.7 Å². The Hall–Kier alpha value is -2.77. The molecule has 3 amide bonds. The molecular weight excluding hydrogens is 392 g/mol. The first-order valence-electron chi connectivity index (χ1n) is 9.68. The van der Waals surface area contributed by atoms with E-state index in [4.69, 9.17) is 16.3 Å². The molecule has 2 saturated heterocycles. The fraction of sp³-hybridized carbons (Fsp3) is 0.333. The van der Waals surface area contributed by atoms with E-state index >= 15 is 0 Å². The van der Waals surface area contributed by atoms with E-state index in [0.29, 0.717) is 54.6 Å². The molecule has 2 aromatic carbocycles. The number of carbonyl (C=O) groups is 2. The molecule has 0 atom stereocenters. The van der Waals surface area contributed by atoms with Crippen LogP contribution in [0.5, 0.6) is 5.75 Å². The van der Waals surface area contributed by atoms with Crippen LogP contribution in [0.15, 0.2) is 48.5 Å². The van der Waals surface area contributed by atoms with Crippen LogP contribution in [0.3, 0.4) is 0 Å². The fourth-order valence-corrected chi connectivity index (χ4v) is 3.96. The number of piperidine rings is 1. The first-order chi connectivity index (χ1) is 14.0. The highest BCUT2D eigenvalue weighted by Crippen LogP contribution is 2.30. The minimum absolute atomic E-state index is 0.0556. The van der Waals surface area contributed by atoms with Crippen LogP contribution in [-0.4, -0.2) is 42.2 Å². The molecule has 4 rings (SSSR count). The predicted octanol–water partition coefficient (Wildman–Crippen LogP) is 3.41. The number of para-hydroxylation sites is 1. The molecule has 2 heterocycles. The number of hydrogen-bond acceptors (Lipinski definition) is 4. The molecule has 0 aromatic heterocycles. The van der Waals surface area contributed by atoms with Gasteiger partial charge >= 0.3 is 6.03 Å². The molecule has 0 unspecified atom stereocenters. The highest BCUT2D eigenvalue weighted by Gasteiger charge is 2.45. The molecule has 2 N–H and O–H groups in total. The Morgan fingerprint density at radius 3 is 2.66 bits per heavy atom. The molecular formula is C21H23ClN4O3. The standard InChI is InChI=1S/C21H23ClN4O3/c1-2-29-18-9-4-3-8-17(18)19(27)25-12-10-21(11-13-25)23-20(28)26(24-21)16-7-5-6-15(22)14-16/h3-9,14,24H,2,10-13H2,1H3,(H,23,28). The van der Waals surface area contributed by atoms with Crippen LogP contribution in [0, 0.1) is 0 Å². The monoisotopic (exact) mass is 414 g/mol. The average Bonchev–Trinajstić information content (AvgIpc) is 3.04. The van der Waals surface area contributed by atoms with Crippen LogP contribution in [-0.2, 0) is 0 Å². The zero-order valence-electron chi connectivity index (χ0n) is 16.2. The summed E-state index contributed by atoms with van der Waals surface area (Å²) in [7, 11) is 0. The lowest BCUT2D eigenvalue weighted by molar-refractivity contribution is 0.0637. The van der Waals surface area contributed by atoms with E-state index in [9.17, 15) is 9.59 Å². The maximum Gasteiger partial charge on any atom is 0.338 e. The lowest BCUT2D eigenvalue weighted by Gasteiger charge is -2.39. The van der Waals surface area contributed by atoms with Crippen LogP contribution < -0.4 is 20.5 Å². The minimum atomic E-state index is -0.574. The number of benzene rings is 2. The van der Waals surface area contributed by atoms with Gasteiger partial charge in [-0.25, -0.2) is 15.2 Å². The second-order valence-electron chi connectivity index (χ2n) is 7.16. The van der Waals surface area contributed by atoms with Gasteiger partial charge in [-0.05, 0) is 37.3 Å². The first kappa shape index (κ1) is 19.5. The van der Waals surface area contributed by atoms with E-state index in [1.54, 1.807) is 29.2 Å².